The molecule has 0 unspecified atom stereocenters. The summed E-state index contributed by atoms with van der Waals surface area (Å²) in [6.07, 6.45) is 1.92. The van der Waals surface area contributed by atoms with Crippen molar-refractivity contribution in [2.45, 2.75) is 19.3 Å². The van der Waals surface area contributed by atoms with Crippen molar-refractivity contribution in [2.24, 2.45) is 0 Å². The van der Waals surface area contributed by atoms with E-state index < -0.39 is 0 Å². The van der Waals surface area contributed by atoms with Crippen molar-refractivity contribution in [3.05, 3.63) is 22.2 Å². The van der Waals surface area contributed by atoms with Gasteiger partial charge in [-0.3, -0.25) is 4.79 Å². The van der Waals surface area contributed by atoms with Crippen LogP contribution in [0.2, 0.25) is 10.0 Å². The van der Waals surface area contributed by atoms with E-state index in [9.17, 15) is 9.90 Å². The lowest BCUT2D eigenvalue weighted by Gasteiger charge is -2.07. The second kappa shape index (κ2) is 6.94. The molecule has 0 aliphatic carbocycles. The zero-order valence-electron chi connectivity index (χ0n) is 8.97. The summed E-state index contributed by atoms with van der Waals surface area (Å²) in [5.41, 5.74) is 0.466. The highest BCUT2D eigenvalue weighted by Gasteiger charge is 2.08. The zero-order chi connectivity index (χ0) is 12.8. The van der Waals surface area contributed by atoms with Crippen molar-refractivity contribution in [1.82, 2.24) is 0 Å². The maximum absolute atomic E-state index is 11.5. The molecule has 0 heterocycles. The second-order valence-electron chi connectivity index (χ2n) is 3.48. The summed E-state index contributed by atoms with van der Waals surface area (Å²) in [7, 11) is 0. The van der Waals surface area contributed by atoms with Gasteiger partial charge in [-0.15, -0.1) is 11.6 Å². The summed E-state index contributed by atoms with van der Waals surface area (Å²) in [5.74, 6) is 0.228. The van der Waals surface area contributed by atoms with Gasteiger partial charge in [0.1, 0.15) is 0 Å². The molecule has 0 atom stereocenters. The fourth-order valence-electron chi connectivity index (χ4n) is 1.24. The molecule has 94 valence electrons. The molecule has 17 heavy (non-hydrogen) atoms. The quantitative estimate of drug-likeness (QED) is 0.489. The Balaban J connectivity index is 2.60. The molecule has 0 aromatic heterocycles. The molecule has 0 saturated carbocycles. The minimum Gasteiger partial charge on any atom is -0.505 e. The largest absolute Gasteiger partial charge is 0.505 e. The third kappa shape index (κ3) is 4.62. The number of phenols is 1. The van der Waals surface area contributed by atoms with Crippen LogP contribution in [0.25, 0.3) is 0 Å². The van der Waals surface area contributed by atoms with E-state index in [0.29, 0.717) is 18.0 Å². The van der Waals surface area contributed by atoms with Gasteiger partial charge in [0.25, 0.3) is 0 Å². The van der Waals surface area contributed by atoms with E-state index in [1.165, 1.54) is 12.1 Å². The molecule has 0 fully saturated rings. The van der Waals surface area contributed by atoms with Gasteiger partial charge in [0, 0.05) is 18.0 Å². The van der Waals surface area contributed by atoms with Gasteiger partial charge in [-0.2, -0.15) is 0 Å². The number of carbonyl (C=O) groups excluding carboxylic acids is 1. The minimum absolute atomic E-state index is 0.105. The topological polar surface area (TPSA) is 49.3 Å². The maximum atomic E-state index is 11.5. The number of hydrogen-bond donors (Lipinski definition) is 2. The van der Waals surface area contributed by atoms with Crippen molar-refractivity contribution >= 4 is 46.4 Å². The number of benzene rings is 1. The molecule has 0 aliphatic heterocycles. The lowest BCUT2D eigenvalue weighted by Crippen LogP contribution is -2.11. The number of unbranched alkanes of at least 4 members (excludes halogenated alkanes) is 1. The van der Waals surface area contributed by atoms with E-state index in [1.807, 2.05) is 0 Å². The molecule has 1 rings (SSSR count). The van der Waals surface area contributed by atoms with Gasteiger partial charge >= 0.3 is 0 Å². The summed E-state index contributed by atoms with van der Waals surface area (Å²) >= 11 is 17.0. The normalized spacial score (nSPS) is 10.3. The highest BCUT2D eigenvalue weighted by molar-refractivity contribution is 6.37. The Hall–Kier alpha value is -0.640. The van der Waals surface area contributed by atoms with Crippen LogP contribution in [0.1, 0.15) is 19.3 Å². The van der Waals surface area contributed by atoms with E-state index in [4.69, 9.17) is 34.8 Å². The van der Waals surface area contributed by atoms with Gasteiger partial charge in [-0.25, -0.2) is 0 Å². The summed E-state index contributed by atoms with van der Waals surface area (Å²) in [6.45, 7) is 0. The lowest BCUT2D eigenvalue weighted by molar-refractivity contribution is -0.116. The Morgan fingerprint density at radius 1 is 1.24 bits per heavy atom. The molecule has 1 aromatic rings. The van der Waals surface area contributed by atoms with Crippen LogP contribution in [0.5, 0.6) is 5.75 Å². The number of phenolic OH excluding ortho intramolecular Hbond substituents is 1. The SMILES string of the molecule is O=C(CCCCCl)Nc1cc(Cl)c(O)c(Cl)c1. The molecule has 2 N–H and O–H groups in total. The maximum Gasteiger partial charge on any atom is 0.224 e. The highest BCUT2D eigenvalue weighted by atomic mass is 35.5. The number of halogens is 3. The third-order valence-electron chi connectivity index (χ3n) is 2.09. The van der Waals surface area contributed by atoms with Crippen LogP contribution in [-0.4, -0.2) is 16.9 Å². The third-order valence-corrected chi connectivity index (χ3v) is 2.93. The zero-order valence-corrected chi connectivity index (χ0v) is 11.2. The van der Waals surface area contributed by atoms with Crippen molar-refractivity contribution in [1.29, 1.82) is 0 Å². The first-order valence-electron chi connectivity index (χ1n) is 5.08. The van der Waals surface area contributed by atoms with Crippen molar-refractivity contribution in [3.8, 4) is 5.75 Å². The molecule has 1 aromatic carbocycles. The fourth-order valence-corrected chi connectivity index (χ4v) is 1.92. The molecule has 1 amide bonds. The number of alkyl halides is 1. The van der Waals surface area contributed by atoms with Crippen LogP contribution in [0.4, 0.5) is 5.69 Å². The Labute approximate surface area is 115 Å². The first kappa shape index (κ1) is 14.4. The number of rotatable bonds is 5. The fraction of sp³-hybridized carbons (Fsp3) is 0.364. The van der Waals surface area contributed by atoms with Crippen LogP contribution < -0.4 is 5.32 Å². The van der Waals surface area contributed by atoms with E-state index in [1.54, 1.807) is 0 Å². The van der Waals surface area contributed by atoms with Crippen LogP contribution in [0, 0.1) is 0 Å². The van der Waals surface area contributed by atoms with E-state index >= 15 is 0 Å². The number of carbonyl (C=O) groups is 1. The molecular weight excluding hydrogens is 284 g/mol. The first-order chi connectivity index (χ1) is 8.04. The molecule has 0 radical (unpaired) electrons. The molecule has 0 bridgehead atoms. The van der Waals surface area contributed by atoms with Gasteiger partial charge in [0.2, 0.25) is 5.91 Å². The summed E-state index contributed by atoms with van der Waals surface area (Å²) < 4.78 is 0. The smallest absolute Gasteiger partial charge is 0.224 e. The molecule has 0 aliphatic rings. The Bertz CT molecular complexity index is 387. The van der Waals surface area contributed by atoms with Gasteiger partial charge in [0.15, 0.2) is 5.75 Å². The second-order valence-corrected chi connectivity index (χ2v) is 4.68. The van der Waals surface area contributed by atoms with Gasteiger partial charge < -0.3 is 10.4 Å². The van der Waals surface area contributed by atoms with Gasteiger partial charge in [0.05, 0.1) is 10.0 Å². The number of amides is 1. The highest BCUT2D eigenvalue weighted by Crippen LogP contribution is 2.34. The number of hydrogen-bond acceptors (Lipinski definition) is 2. The molecule has 0 saturated heterocycles. The van der Waals surface area contributed by atoms with Gasteiger partial charge in [-0.1, -0.05) is 23.2 Å². The first-order valence-corrected chi connectivity index (χ1v) is 6.37. The summed E-state index contributed by atoms with van der Waals surface area (Å²) in [6, 6.07) is 2.89. The summed E-state index contributed by atoms with van der Waals surface area (Å²) in [5, 5.41) is 12.2. The molecular formula is C11H12Cl3NO2. The molecule has 6 heteroatoms. The van der Waals surface area contributed by atoms with Crippen molar-refractivity contribution in [3.63, 3.8) is 0 Å². The van der Waals surface area contributed by atoms with E-state index in [0.717, 1.165) is 12.8 Å². The summed E-state index contributed by atoms with van der Waals surface area (Å²) in [4.78, 5) is 11.5. The molecule has 3 nitrogen and oxygen atoms in total. The van der Waals surface area contributed by atoms with Crippen molar-refractivity contribution in [2.75, 3.05) is 11.2 Å². The van der Waals surface area contributed by atoms with Gasteiger partial charge in [-0.05, 0) is 25.0 Å². The van der Waals surface area contributed by atoms with Crippen LogP contribution >= 0.6 is 34.8 Å². The predicted octanol–water partition coefficient (Wildman–Crippen LogP) is 4.05. The van der Waals surface area contributed by atoms with E-state index in [2.05, 4.69) is 5.32 Å². The van der Waals surface area contributed by atoms with Crippen LogP contribution in [0.15, 0.2) is 12.1 Å². The minimum atomic E-state index is -0.187. The Morgan fingerprint density at radius 2 is 1.82 bits per heavy atom. The average molecular weight is 297 g/mol. The number of nitrogens with one attached hydrogen (secondary N) is 1. The monoisotopic (exact) mass is 295 g/mol. The van der Waals surface area contributed by atoms with Crippen LogP contribution in [0.3, 0.4) is 0 Å². The van der Waals surface area contributed by atoms with E-state index in [-0.39, 0.29) is 21.7 Å². The average Bonchev–Trinajstić information content (AvgIpc) is 2.26. The number of anilines is 1. The Morgan fingerprint density at radius 3 is 2.35 bits per heavy atom. The lowest BCUT2D eigenvalue weighted by atomic mass is 10.2. The molecule has 0 spiro atoms. The predicted molar refractivity (Wildman–Crippen MR) is 71.3 cm³/mol. The van der Waals surface area contributed by atoms with Crippen LogP contribution in [-0.2, 0) is 4.79 Å². The van der Waals surface area contributed by atoms with Crippen molar-refractivity contribution < 1.29 is 9.90 Å². The Kier molecular flexibility index (Phi) is 5.89. The standard InChI is InChI=1S/C11H12Cl3NO2/c12-4-2-1-3-10(16)15-7-5-8(13)11(17)9(14)6-7/h5-6,17H,1-4H2,(H,15,16). The number of aromatic hydroxyl groups is 1.